The lowest BCUT2D eigenvalue weighted by Crippen LogP contribution is -2.36. The Kier molecular flexibility index (Phi) is 4.36. The number of nitrogens with one attached hydrogen (secondary N) is 1. The number of anilines is 1. The van der Waals surface area contributed by atoms with Crippen LogP contribution < -0.4 is 5.32 Å². The number of fused-ring (bicyclic) bond motifs is 1. The first-order valence-corrected chi connectivity index (χ1v) is 8.41. The van der Waals surface area contributed by atoms with Crippen molar-refractivity contribution in [2.45, 2.75) is 45.3 Å². The predicted molar refractivity (Wildman–Crippen MR) is 88.5 cm³/mol. The van der Waals surface area contributed by atoms with Gasteiger partial charge in [0.15, 0.2) is 5.15 Å². The molecule has 2 aliphatic rings. The Morgan fingerprint density at radius 3 is 2.43 bits per heavy atom. The van der Waals surface area contributed by atoms with Crippen LogP contribution >= 0.6 is 11.6 Å². The first-order chi connectivity index (χ1) is 10.8. The van der Waals surface area contributed by atoms with Crippen LogP contribution in [0.25, 0.3) is 0 Å². The highest BCUT2D eigenvalue weighted by Gasteiger charge is 2.43. The van der Waals surface area contributed by atoms with Crippen molar-refractivity contribution in [3.63, 3.8) is 0 Å². The van der Waals surface area contributed by atoms with E-state index in [1.165, 1.54) is 0 Å². The molecule has 0 radical (unpaired) electrons. The van der Waals surface area contributed by atoms with Gasteiger partial charge in [-0.15, -0.1) is 10.2 Å². The van der Waals surface area contributed by atoms with Gasteiger partial charge in [-0.1, -0.05) is 11.6 Å². The lowest BCUT2D eigenvalue weighted by Gasteiger charge is -2.25. The fraction of sp³-hybridized carbons (Fsp3) is 0.688. The minimum atomic E-state index is -0.438. The average Bonchev–Trinajstić information content (AvgIpc) is 2.97. The molecular weight excluding hydrogens is 316 g/mol. The number of amides is 1. The Labute approximate surface area is 141 Å². The van der Waals surface area contributed by atoms with Gasteiger partial charge in [0, 0.05) is 19.1 Å². The zero-order chi connectivity index (χ0) is 16.6. The van der Waals surface area contributed by atoms with Crippen molar-refractivity contribution in [2.75, 3.05) is 18.4 Å². The zero-order valence-corrected chi connectivity index (χ0v) is 14.5. The fourth-order valence-electron chi connectivity index (χ4n) is 3.50. The summed E-state index contributed by atoms with van der Waals surface area (Å²) in [7, 11) is 0. The Hall–Kier alpha value is -1.56. The van der Waals surface area contributed by atoms with Crippen molar-refractivity contribution in [3.8, 4) is 0 Å². The summed E-state index contributed by atoms with van der Waals surface area (Å²) in [6.45, 7) is 7.26. The van der Waals surface area contributed by atoms with Gasteiger partial charge in [-0.3, -0.25) is 0 Å². The summed E-state index contributed by atoms with van der Waals surface area (Å²) in [6.07, 6.45) is 1.88. The largest absolute Gasteiger partial charge is 0.444 e. The van der Waals surface area contributed by atoms with Crippen molar-refractivity contribution in [2.24, 2.45) is 11.8 Å². The van der Waals surface area contributed by atoms with Gasteiger partial charge in [-0.05, 0) is 57.6 Å². The van der Waals surface area contributed by atoms with E-state index < -0.39 is 5.60 Å². The molecule has 23 heavy (non-hydrogen) atoms. The third kappa shape index (κ3) is 4.05. The average molecular weight is 339 g/mol. The fourth-order valence-corrected chi connectivity index (χ4v) is 3.60. The SMILES string of the molecule is CC(C)(C)OC(=O)N1C[C@H]2C[C@@H](Nc3ccc(Cl)nn3)C[C@H]2C1. The van der Waals surface area contributed by atoms with Crippen LogP contribution in [0.3, 0.4) is 0 Å². The Balaban J connectivity index is 1.51. The van der Waals surface area contributed by atoms with E-state index in [4.69, 9.17) is 16.3 Å². The second-order valence-corrected chi connectivity index (χ2v) is 7.85. The Bertz CT molecular complexity index is 558. The second-order valence-electron chi connectivity index (χ2n) is 7.46. The van der Waals surface area contributed by atoms with Gasteiger partial charge >= 0.3 is 6.09 Å². The number of aromatic nitrogens is 2. The first-order valence-electron chi connectivity index (χ1n) is 8.04. The number of carbonyl (C=O) groups is 1. The summed E-state index contributed by atoms with van der Waals surface area (Å²) in [5, 5.41) is 11.7. The van der Waals surface area contributed by atoms with Crippen molar-refractivity contribution >= 4 is 23.5 Å². The Morgan fingerprint density at radius 2 is 1.91 bits per heavy atom. The molecule has 0 bridgehead atoms. The van der Waals surface area contributed by atoms with Crippen molar-refractivity contribution in [1.82, 2.24) is 15.1 Å². The van der Waals surface area contributed by atoms with Crippen LogP contribution in [0.1, 0.15) is 33.6 Å². The highest BCUT2D eigenvalue weighted by molar-refractivity contribution is 6.29. The minimum absolute atomic E-state index is 0.194. The van der Waals surface area contributed by atoms with E-state index >= 15 is 0 Å². The van der Waals surface area contributed by atoms with Gasteiger partial charge in [-0.2, -0.15) is 0 Å². The summed E-state index contributed by atoms with van der Waals surface area (Å²) in [6, 6.07) is 3.95. The van der Waals surface area contributed by atoms with Gasteiger partial charge in [-0.25, -0.2) is 4.79 Å². The van der Waals surface area contributed by atoms with E-state index in [1.54, 1.807) is 6.07 Å². The molecule has 1 saturated carbocycles. The monoisotopic (exact) mass is 338 g/mol. The van der Waals surface area contributed by atoms with Crippen molar-refractivity contribution in [1.29, 1.82) is 0 Å². The first kappa shape index (κ1) is 16.3. The molecule has 0 spiro atoms. The molecule has 1 saturated heterocycles. The molecular formula is C16H23ClN4O2. The second kappa shape index (κ2) is 6.15. The van der Waals surface area contributed by atoms with Crippen LogP contribution in [-0.4, -0.2) is 45.9 Å². The number of rotatable bonds is 2. The molecule has 1 aliphatic carbocycles. The molecule has 2 heterocycles. The normalized spacial score (nSPS) is 27.0. The summed E-state index contributed by atoms with van der Waals surface area (Å²) < 4.78 is 5.46. The number of halogens is 1. The molecule has 0 unspecified atom stereocenters. The topological polar surface area (TPSA) is 67.3 Å². The highest BCUT2D eigenvalue weighted by atomic mass is 35.5. The van der Waals surface area contributed by atoms with Gasteiger partial charge < -0.3 is 15.0 Å². The van der Waals surface area contributed by atoms with Crippen LogP contribution in [0.4, 0.5) is 10.6 Å². The van der Waals surface area contributed by atoms with E-state index in [0.29, 0.717) is 23.0 Å². The number of likely N-dealkylation sites (tertiary alicyclic amines) is 1. The molecule has 1 N–H and O–H groups in total. The molecule has 2 fully saturated rings. The molecule has 1 aliphatic heterocycles. The number of ether oxygens (including phenoxy) is 1. The van der Waals surface area contributed by atoms with E-state index in [9.17, 15) is 4.79 Å². The van der Waals surface area contributed by atoms with E-state index in [0.717, 1.165) is 31.7 Å². The van der Waals surface area contributed by atoms with Crippen LogP contribution in [-0.2, 0) is 4.74 Å². The van der Waals surface area contributed by atoms with Gasteiger partial charge in [0.2, 0.25) is 0 Å². The number of carbonyl (C=O) groups excluding carboxylic acids is 1. The Morgan fingerprint density at radius 1 is 1.26 bits per heavy atom. The lowest BCUT2D eigenvalue weighted by molar-refractivity contribution is 0.0280. The number of nitrogens with zero attached hydrogens (tertiary/aromatic N) is 3. The minimum Gasteiger partial charge on any atom is -0.444 e. The number of hydrogen-bond acceptors (Lipinski definition) is 5. The molecule has 3 atom stereocenters. The number of hydrogen-bond donors (Lipinski definition) is 1. The predicted octanol–water partition coefficient (Wildman–Crippen LogP) is 3.19. The van der Waals surface area contributed by atoms with E-state index in [1.807, 2.05) is 31.7 Å². The third-order valence-electron chi connectivity index (χ3n) is 4.39. The third-order valence-corrected chi connectivity index (χ3v) is 4.59. The molecule has 3 rings (SSSR count). The highest BCUT2D eigenvalue weighted by Crippen LogP contribution is 2.39. The van der Waals surface area contributed by atoms with Gasteiger partial charge in [0.05, 0.1) is 0 Å². The molecule has 1 amide bonds. The van der Waals surface area contributed by atoms with Crippen LogP contribution in [0.15, 0.2) is 12.1 Å². The molecule has 1 aromatic heterocycles. The molecule has 7 heteroatoms. The smallest absolute Gasteiger partial charge is 0.410 e. The standard InChI is InChI=1S/C16H23ClN4O2/c1-16(2,3)23-15(22)21-8-10-6-12(7-11(10)9-21)18-14-5-4-13(17)19-20-14/h4-5,10-12H,6-9H2,1-3H3,(H,18,20)/t10-,11+,12-. The molecule has 6 nitrogen and oxygen atoms in total. The molecule has 0 aromatic carbocycles. The molecule has 126 valence electrons. The van der Waals surface area contributed by atoms with Crippen molar-refractivity contribution in [3.05, 3.63) is 17.3 Å². The lowest BCUT2D eigenvalue weighted by atomic mass is 10.0. The summed E-state index contributed by atoms with van der Waals surface area (Å²) in [4.78, 5) is 14.0. The maximum atomic E-state index is 12.2. The summed E-state index contributed by atoms with van der Waals surface area (Å²) in [5.41, 5.74) is -0.438. The molecule has 1 aromatic rings. The zero-order valence-electron chi connectivity index (χ0n) is 13.8. The van der Waals surface area contributed by atoms with Crippen LogP contribution in [0.5, 0.6) is 0 Å². The van der Waals surface area contributed by atoms with Crippen molar-refractivity contribution < 1.29 is 9.53 Å². The van der Waals surface area contributed by atoms with E-state index in [-0.39, 0.29) is 6.09 Å². The van der Waals surface area contributed by atoms with Gasteiger partial charge in [0.25, 0.3) is 0 Å². The summed E-state index contributed by atoms with van der Waals surface area (Å²) in [5.74, 6) is 1.81. The quantitative estimate of drug-likeness (QED) is 0.897. The van der Waals surface area contributed by atoms with Crippen LogP contribution in [0, 0.1) is 11.8 Å². The summed E-state index contributed by atoms with van der Waals surface area (Å²) >= 11 is 5.75. The van der Waals surface area contributed by atoms with Crippen LogP contribution in [0.2, 0.25) is 5.15 Å². The van der Waals surface area contributed by atoms with Gasteiger partial charge in [0.1, 0.15) is 11.4 Å². The maximum Gasteiger partial charge on any atom is 0.410 e. The maximum absolute atomic E-state index is 12.2. The van der Waals surface area contributed by atoms with E-state index in [2.05, 4.69) is 15.5 Å².